The highest BCUT2D eigenvalue weighted by Crippen LogP contribution is 2.44. The topological polar surface area (TPSA) is 36.5 Å². The number of fused-ring (bicyclic) bond motifs is 10. The molecule has 12 rings (SSSR count). The van der Waals surface area contributed by atoms with Crippen molar-refractivity contribution < 1.29 is 13.8 Å². The molecule has 0 atom stereocenters. The second-order valence-corrected chi connectivity index (χ2v) is 14.0. The molecule has 0 spiro atoms. The van der Waals surface area contributed by atoms with Gasteiger partial charge in [0.1, 0.15) is 28.4 Å². The molecule has 0 saturated carbocycles. The molecule has 2 aliphatic heterocycles. The molecule has 0 bridgehead atoms. The average molecular weight is 678 g/mol. The third kappa shape index (κ3) is 4.13. The fourth-order valence-electron chi connectivity index (χ4n) is 8.70. The molecule has 0 radical (unpaired) electrons. The molecule has 53 heavy (non-hydrogen) atoms. The third-order valence-electron chi connectivity index (χ3n) is 11.1. The Hall–Kier alpha value is -6.98. The number of furan rings is 1. The Kier molecular flexibility index (Phi) is 5.83. The van der Waals surface area contributed by atoms with Crippen LogP contribution >= 0.6 is 0 Å². The van der Waals surface area contributed by atoms with Crippen molar-refractivity contribution in [3.05, 3.63) is 170 Å². The first-order valence-electron chi connectivity index (χ1n) is 18.0. The molecule has 2 aromatic heterocycles. The molecular formula is C48H28BNO3. The van der Waals surface area contributed by atoms with Crippen LogP contribution in [0.4, 0.5) is 0 Å². The van der Waals surface area contributed by atoms with Crippen LogP contribution in [0.2, 0.25) is 0 Å². The van der Waals surface area contributed by atoms with Gasteiger partial charge >= 0.3 is 6.92 Å². The summed E-state index contributed by atoms with van der Waals surface area (Å²) in [6, 6.07) is 59.9. The van der Waals surface area contributed by atoms with Crippen LogP contribution in [0.15, 0.2) is 174 Å². The lowest BCUT2D eigenvalue weighted by Gasteiger charge is -2.33. The Bertz CT molecular complexity index is 3100. The van der Waals surface area contributed by atoms with Gasteiger partial charge in [0.25, 0.3) is 0 Å². The summed E-state index contributed by atoms with van der Waals surface area (Å²) >= 11 is 0. The fourth-order valence-corrected chi connectivity index (χ4v) is 8.70. The molecular weight excluding hydrogens is 649 g/mol. The minimum absolute atomic E-state index is 0.324. The lowest BCUT2D eigenvalue weighted by atomic mass is 9.50. The van der Waals surface area contributed by atoms with Gasteiger partial charge in [-0.25, -0.2) is 0 Å². The summed E-state index contributed by atoms with van der Waals surface area (Å²) in [7, 11) is 0. The Morgan fingerprint density at radius 1 is 0.434 bits per heavy atom. The number of benzene rings is 8. The molecule has 2 aliphatic rings. The Morgan fingerprint density at radius 2 is 1.13 bits per heavy atom. The van der Waals surface area contributed by atoms with Crippen molar-refractivity contribution in [1.82, 2.24) is 4.57 Å². The van der Waals surface area contributed by atoms with Gasteiger partial charge in [0.15, 0.2) is 0 Å². The van der Waals surface area contributed by atoms with Gasteiger partial charge in [0.2, 0.25) is 0 Å². The summed E-state index contributed by atoms with van der Waals surface area (Å²) < 4.78 is 22.6. The van der Waals surface area contributed by atoms with E-state index < -0.39 is 0 Å². The van der Waals surface area contributed by atoms with Crippen molar-refractivity contribution in [2.75, 3.05) is 0 Å². The quantitative estimate of drug-likeness (QED) is 0.175. The summed E-state index contributed by atoms with van der Waals surface area (Å²) in [5.74, 6) is 2.47. The second-order valence-electron chi connectivity index (χ2n) is 14.0. The number of hydrogen-bond donors (Lipinski definition) is 0. The molecule has 0 fully saturated rings. The summed E-state index contributed by atoms with van der Waals surface area (Å²) in [6.07, 6.45) is 0. The smallest absolute Gasteiger partial charge is 0.434 e. The van der Waals surface area contributed by atoms with Gasteiger partial charge in [-0.15, -0.1) is 0 Å². The van der Waals surface area contributed by atoms with Crippen LogP contribution in [-0.2, 0) is 0 Å². The van der Waals surface area contributed by atoms with Crippen LogP contribution in [0.25, 0.3) is 82.8 Å². The zero-order chi connectivity index (χ0) is 34.6. The molecule has 0 saturated heterocycles. The van der Waals surface area contributed by atoms with E-state index in [0.29, 0.717) is 0 Å². The second kappa shape index (κ2) is 10.8. The highest BCUT2D eigenvalue weighted by Gasteiger charge is 2.41. The van der Waals surface area contributed by atoms with Gasteiger partial charge in [-0.1, -0.05) is 115 Å². The molecule has 5 heteroatoms. The first-order valence-corrected chi connectivity index (χ1v) is 18.0. The molecule has 10 aromatic rings. The number of nitrogens with zero attached hydrogens (tertiary/aromatic N) is 1. The predicted octanol–water partition coefficient (Wildman–Crippen LogP) is 11.3. The lowest BCUT2D eigenvalue weighted by Crippen LogP contribution is -2.53. The van der Waals surface area contributed by atoms with E-state index in [0.717, 1.165) is 89.2 Å². The van der Waals surface area contributed by atoms with Gasteiger partial charge in [0.05, 0.1) is 11.0 Å². The maximum Gasteiger partial charge on any atom is 0.434 e. The van der Waals surface area contributed by atoms with Gasteiger partial charge in [-0.05, 0) is 76.9 Å². The first kappa shape index (κ1) is 28.7. The van der Waals surface area contributed by atoms with E-state index in [4.69, 9.17) is 13.8 Å². The van der Waals surface area contributed by atoms with Gasteiger partial charge in [-0.2, -0.15) is 0 Å². The van der Waals surface area contributed by atoms with Crippen molar-refractivity contribution in [3.8, 4) is 56.3 Å². The maximum absolute atomic E-state index is 6.89. The van der Waals surface area contributed by atoms with Gasteiger partial charge in [0, 0.05) is 49.3 Å². The number of hydrogen-bond acceptors (Lipinski definition) is 3. The van der Waals surface area contributed by atoms with E-state index in [1.165, 1.54) is 21.8 Å². The summed E-state index contributed by atoms with van der Waals surface area (Å²) in [4.78, 5) is 0. The Balaban J connectivity index is 1.00. The molecule has 0 aliphatic carbocycles. The highest BCUT2D eigenvalue weighted by molar-refractivity contribution is 6.84. The van der Waals surface area contributed by atoms with Crippen LogP contribution in [-0.4, -0.2) is 11.5 Å². The van der Waals surface area contributed by atoms with E-state index in [2.05, 4.69) is 156 Å². The molecule has 0 N–H and O–H groups in total. The molecule has 4 nitrogen and oxygen atoms in total. The highest BCUT2D eigenvalue weighted by atomic mass is 16.5. The maximum atomic E-state index is 6.89. The van der Waals surface area contributed by atoms with E-state index in [-0.39, 0.29) is 6.92 Å². The van der Waals surface area contributed by atoms with Gasteiger partial charge in [-0.3, -0.25) is 0 Å². The average Bonchev–Trinajstić information content (AvgIpc) is 3.77. The van der Waals surface area contributed by atoms with Crippen molar-refractivity contribution in [3.63, 3.8) is 0 Å². The van der Waals surface area contributed by atoms with Crippen LogP contribution in [0, 0.1) is 0 Å². The normalized spacial score (nSPS) is 12.8. The summed E-state index contributed by atoms with van der Waals surface area (Å²) in [6.45, 7) is -0.324. The van der Waals surface area contributed by atoms with E-state index >= 15 is 0 Å². The minimum atomic E-state index is -0.324. The Morgan fingerprint density at radius 3 is 2.00 bits per heavy atom. The zero-order valence-electron chi connectivity index (χ0n) is 28.4. The molecule has 0 amide bonds. The molecule has 4 heterocycles. The Labute approximate surface area is 305 Å². The lowest BCUT2D eigenvalue weighted by molar-refractivity contribution is 0.479. The van der Waals surface area contributed by atoms with Gasteiger partial charge < -0.3 is 18.4 Å². The van der Waals surface area contributed by atoms with Crippen LogP contribution in [0.1, 0.15) is 0 Å². The number of ether oxygens (including phenoxy) is 1. The van der Waals surface area contributed by atoms with Crippen LogP contribution in [0.5, 0.6) is 17.2 Å². The summed E-state index contributed by atoms with van der Waals surface area (Å²) in [5.41, 5.74) is 13.8. The summed E-state index contributed by atoms with van der Waals surface area (Å²) in [5, 5.41) is 4.72. The molecule has 8 aromatic carbocycles. The molecule has 0 unspecified atom stereocenters. The zero-order valence-corrected chi connectivity index (χ0v) is 28.4. The number of rotatable bonds is 3. The van der Waals surface area contributed by atoms with Crippen molar-refractivity contribution in [2.24, 2.45) is 0 Å². The first-order chi connectivity index (χ1) is 26.3. The van der Waals surface area contributed by atoms with Crippen LogP contribution in [0.3, 0.4) is 0 Å². The van der Waals surface area contributed by atoms with E-state index in [9.17, 15) is 0 Å². The largest absolute Gasteiger partial charge is 0.551 e. The number of para-hydroxylation sites is 5. The third-order valence-corrected chi connectivity index (χ3v) is 11.1. The molecule has 246 valence electrons. The predicted molar refractivity (Wildman–Crippen MR) is 217 cm³/mol. The van der Waals surface area contributed by atoms with E-state index in [1.54, 1.807) is 0 Å². The van der Waals surface area contributed by atoms with Crippen molar-refractivity contribution >= 4 is 61.6 Å². The monoisotopic (exact) mass is 677 g/mol. The number of aromatic nitrogens is 1. The van der Waals surface area contributed by atoms with Crippen molar-refractivity contribution in [2.45, 2.75) is 0 Å². The minimum Gasteiger partial charge on any atom is -0.551 e. The van der Waals surface area contributed by atoms with Crippen molar-refractivity contribution in [1.29, 1.82) is 0 Å². The van der Waals surface area contributed by atoms with E-state index in [1.807, 2.05) is 18.2 Å². The standard InChI is InChI=1S/C48H28BNO3/c1-5-19-41-34(13-1)35-14-2-6-20-42(35)50(41)32-12-9-11-29(25-32)30-23-24-45-40(27-30)49-47-39(37-16-4-8-22-44(37)53-49)26-31(28-46(47)51-45)33-17-10-18-38-36-15-3-7-21-43(36)52-48(33)38/h1-28H. The fraction of sp³-hybridized carbons (Fsp3) is 0. The SMILES string of the molecule is c1cc(-c2ccc3c(c2)B2Oc4ccccc4-c4cc(-c5cccc6c5oc5ccccc56)cc(c42)O3)cc(-n2c3ccccc3c3ccccc32)c1. The van der Waals surface area contributed by atoms with Crippen LogP contribution < -0.4 is 20.3 Å².